The zero-order valence-corrected chi connectivity index (χ0v) is 15.5. The molecule has 6 heteroatoms. The molecule has 0 saturated carbocycles. The first-order valence-corrected chi connectivity index (χ1v) is 8.91. The molecule has 0 fully saturated rings. The molecular weight excluding hydrogens is 394 g/mol. The monoisotopic (exact) mass is 411 g/mol. The highest BCUT2D eigenvalue weighted by Crippen LogP contribution is 2.25. The van der Waals surface area contributed by atoms with E-state index in [9.17, 15) is 9.59 Å². The molecule has 3 rings (SSSR count). The summed E-state index contributed by atoms with van der Waals surface area (Å²) >= 11 is 3.40. The van der Waals surface area contributed by atoms with Gasteiger partial charge in [-0.25, -0.2) is 4.79 Å². The highest BCUT2D eigenvalue weighted by molar-refractivity contribution is 9.10. The summed E-state index contributed by atoms with van der Waals surface area (Å²) in [7, 11) is 0. The minimum atomic E-state index is -0.673. The number of hydrogen-bond donors (Lipinski definition) is 3. The molecule has 1 atom stereocenters. The first kappa shape index (κ1) is 17.9. The van der Waals surface area contributed by atoms with E-state index in [0.29, 0.717) is 0 Å². The zero-order valence-electron chi connectivity index (χ0n) is 13.9. The normalized spacial score (nSPS) is 11.7. The van der Waals surface area contributed by atoms with Crippen molar-refractivity contribution < 1.29 is 9.59 Å². The minimum Gasteiger partial charge on any atom is -0.352 e. The summed E-state index contributed by atoms with van der Waals surface area (Å²) in [5.74, 6) is -0.208. The predicted octanol–water partition coefficient (Wildman–Crippen LogP) is 4.34. The van der Waals surface area contributed by atoms with E-state index in [1.54, 1.807) is 0 Å². The molecular formula is C20H18BrN3O2. The Morgan fingerprint density at radius 1 is 1.00 bits per heavy atom. The van der Waals surface area contributed by atoms with Gasteiger partial charge in [0.1, 0.15) is 0 Å². The van der Waals surface area contributed by atoms with E-state index in [4.69, 9.17) is 5.73 Å². The fraction of sp³-hybridized carbons (Fsp3) is 0.100. The van der Waals surface area contributed by atoms with Crippen molar-refractivity contribution in [2.75, 3.05) is 5.32 Å². The van der Waals surface area contributed by atoms with Crippen LogP contribution >= 0.6 is 15.9 Å². The van der Waals surface area contributed by atoms with Crippen LogP contribution in [0.5, 0.6) is 0 Å². The molecule has 132 valence electrons. The molecule has 0 aromatic heterocycles. The lowest BCUT2D eigenvalue weighted by Gasteiger charge is -2.18. The highest BCUT2D eigenvalue weighted by Gasteiger charge is 2.18. The van der Waals surface area contributed by atoms with Crippen LogP contribution in [0, 0.1) is 0 Å². The van der Waals surface area contributed by atoms with Crippen molar-refractivity contribution in [2.45, 2.75) is 12.5 Å². The van der Waals surface area contributed by atoms with Crippen LogP contribution in [0.3, 0.4) is 0 Å². The molecule has 0 radical (unpaired) electrons. The lowest BCUT2D eigenvalue weighted by molar-refractivity contribution is -0.116. The Morgan fingerprint density at radius 3 is 2.50 bits per heavy atom. The van der Waals surface area contributed by atoms with Gasteiger partial charge in [-0.2, -0.15) is 0 Å². The molecule has 1 unspecified atom stereocenters. The number of amides is 3. The average molecular weight is 412 g/mol. The maximum atomic E-state index is 12.6. The van der Waals surface area contributed by atoms with Crippen LogP contribution in [-0.4, -0.2) is 11.9 Å². The van der Waals surface area contributed by atoms with E-state index in [1.165, 1.54) is 0 Å². The van der Waals surface area contributed by atoms with Crippen LogP contribution in [-0.2, 0) is 4.79 Å². The van der Waals surface area contributed by atoms with Gasteiger partial charge in [0.15, 0.2) is 0 Å². The van der Waals surface area contributed by atoms with E-state index in [2.05, 4.69) is 26.6 Å². The first-order valence-electron chi connectivity index (χ1n) is 8.12. The number of nitrogens with one attached hydrogen (secondary N) is 2. The van der Waals surface area contributed by atoms with Crippen LogP contribution in [0.2, 0.25) is 0 Å². The van der Waals surface area contributed by atoms with Crippen LogP contribution in [0.1, 0.15) is 18.0 Å². The molecule has 3 aromatic rings. The number of urea groups is 1. The van der Waals surface area contributed by atoms with Crippen LogP contribution in [0.25, 0.3) is 10.8 Å². The molecule has 26 heavy (non-hydrogen) atoms. The summed E-state index contributed by atoms with van der Waals surface area (Å²) in [6.07, 6.45) is 0.0720. The fourth-order valence-corrected chi connectivity index (χ4v) is 3.29. The van der Waals surface area contributed by atoms with Crippen molar-refractivity contribution in [2.24, 2.45) is 5.73 Å². The molecule has 0 heterocycles. The number of primary amides is 1. The quantitative estimate of drug-likeness (QED) is 0.583. The Labute approximate surface area is 159 Å². The highest BCUT2D eigenvalue weighted by atomic mass is 79.9. The number of hydrogen-bond acceptors (Lipinski definition) is 2. The van der Waals surface area contributed by atoms with Crippen LogP contribution in [0.15, 0.2) is 71.2 Å². The Morgan fingerprint density at radius 2 is 1.73 bits per heavy atom. The van der Waals surface area contributed by atoms with Crippen LogP contribution < -0.4 is 16.4 Å². The molecule has 3 aromatic carbocycles. The van der Waals surface area contributed by atoms with Crippen molar-refractivity contribution in [3.8, 4) is 0 Å². The number of halogens is 1. The maximum Gasteiger partial charge on any atom is 0.312 e. The predicted molar refractivity (Wildman–Crippen MR) is 107 cm³/mol. The van der Waals surface area contributed by atoms with Crippen molar-refractivity contribution >= 4 is 44.3 Å². The van der Waals surface area contributed by atoms with Gasteiger partial charge >= 0.3 is 6.03 Å². The van der Waals surface area contributed by atoms with Gasteiger partial charge in [0.05, 0.1) is 12.5 Å². The Balaban J connectivity index is 1.80. The largest absolute Gasteiger partial charge is 0.352 e. The van der Waals surface area contributed by atoms with E-state index in [1.807, 2.05) is 66.7 Å². The number of benzene rings is 3. The standard InChI is InChI=1S/C20H18BrN3O2/c21-15-8-3-7-14(11-15)18(24-20(22)26)12-19(25)23-17-10-4-6-13-5-1-2-9-16(13)17/h1-11,18H,12H2,(H,23,25)(H3,22,24,26). The van der Waals surface area contributed by atoms with Gasteiger partial charge < -0.3 is 16.4 Å². The molecule has 4 N–H and O–H groups in total. The van der Waals surface area contributed by atoms with E-state index >= 15 is 0 Å². The van der Waals surface area contributed by atoms with Crippen LogP contribution in [0.4, 0.5) is 10.5 Å². The van der Waals surface area contributed by atoms with Gasteiger partial charge in [-0.3, -0.25) is 4.79 Å². The summed E-state index contributed by atoms with van der Waals surface area (Å²) in [5.41, 5.74) is 6.81. The SMILES string of the molecule is NC(=O)NC(CC(=O)Nc1cccc2ccccc12)c1cccc(Br)c1. The average Bonchev–Trinajstić information content (AvgIpc) is 2.61. The number of anilines is 1. The third-order valence-electron chi connectivity index (χ3n) is 4.02. The van der Waals surface area contributed by atoms with Crippen molar-refractivity contribution in [1.82, 2.24) is 5.32 Å². The molecule has 0 spiro atoms. The van der Waals surface area contributed by atoms with Gasteiger partial charge in [0.25, 0.3) is 0 Å². The number of carbonyl (C=O) groups excluding carboxylic acids is 2. The maximum absolute atomic E-state index is 12.6. The molecule has 5 nitrogen and oxygen atoms in total. The second-order valence-corrected chi connectivity index (χ2v) is 6.81. The summed E-state index contributed by atoms with van der Waals surface area (Å²) < 4.78 is 0.862. The summed E-state index contributed by atoms with van der Waals surface area (Å²) in [6.45, 7) is 0. The van der Waals surface area contributed by atoms with E-state index in [-0.39, 0.29) is 12.3 Å². The second kappa shape index (κ2) is 8.01. The van der Waals surface area contributed by atoms with Gasteiger partial charge in [-0.15, -0.1) is 0 Å². The Hall–Kier alpha value is -2.86. The number of nitrogens with two attached hydrogens (primary N) is 1. The first-order chi connectivity index (χ1) is 12.5. The molecule has 0 aliphatic carbocycles. The van der Waals surface area contributed by atoms with Gasteiger partial charge in [-0.1, -0.05) is 64.5 Å². The topological polar surface area (TPSA) is 84.2 Å². The summed E-state index contributed by atoms with van der Waals surface area (Å²) in [6, 6.07) is 19.8. The third-order valence-corrected chi connectivity index (χ3v) is 4.51. The molecule has 0 aliphatic heterocycles. The fourth-order valence-electron chi connectivity index (χ4n) is 2.87. The lowest BCUT2D eigenvalue weighted by Crippen LogP contribution is -2.35. The number of fused-ring (bicyclic) bond motifs is 1. The lowest BCUT2D eigenvalue weighted by atomic mass is 10.0. The molecule has 3 amide bonds. The van der Waals surface area contributed by atoms with Crippen molar-refractivity contribution in [1.29, 1.82) is 0 Å². The molecule has 0 saturated heterocycles. The van der Waals surface area contributed by atoms with Crippen molar-refractivity contribution in [3.63, 3.8) is 0 Å². The number of rotatable bonds is 5. The smallest absolute Gasteiger partial charge is 0.312 e. The summed E-state index contributed by atoms with van der Waals surface area (Å²) in [5, 5.41) is 7.57. The summed E-state index contributed by atoms with van der Waals surface area (Å²) in [4.78, 5) is 23.9. The minimum absolute atomic E-state index is 0.0720. The molecule has 0 bridgehead atoms. The number of carbonyl (C=O) groups is 2. The van der Waals surface area contributed by atoms with Gasteiger partial charge in [0.2, 0.25) is 5.91 Å². The van der Waals surface area contributed by atoms with Gasteiger partial charge in [-0.05, 0) is 29.1 Å². The Kier molecular flexibility index (Phi) is 5.53. The van der Waals surface area contributed by atoms with Crippen molar-refractivity contribution in [3.05, 3.63) is 76.8 Å². The zero-order chi connectivity index (χ0) is 18.5. The van der Waals surface area contributed by atoms with E-state index < -0.39 is 12.1 Å². The Bertz CT molecular complexity index is 953. The third kappa shape index (κ3) is 4.40. The van der Waals surface area contributed by atoms with E-state index in [0.717, 1.165) is 26.5 Å². The second-order valence-electron chi connectivity index (χ2n) is 5.90. The molecule has 0 aliphatic rings. The van der Waals surface area contributed by atoms with Gasteiger partial charge in [0, 0.05) is 15.5 Å².